The van der Waals surface area contributed by atoms with Gasteiger partial charge in [-0.3, -0.25) is 0 Å². The summed E-state index contributed by atoms with van der Waals surface area (Å²) in [5.74, 6) is 2.95. The van der Waals surface area contributed by atoms with E-state index in [1.54, 1.807) is 0 Å². The van der Waals surface area contributed by atoms with E-state index in [1.165, 1.54) is 61.8 Å². The molecular formula is C29H39N3. The van der Waals surface area contributed by atoms with Crippen LogP contribution in [0.3, 0.4) is 0 Å². The van der Waals surface area contributed by atoms with Crippen LogP contribution in [0, 0.1) is 34.5 Å². The Morgan fingerprint density at radius 3 is 2.31 bits per heavy atom. The van der Waals surface area contributed by atoms with Gasteiger partial charge >= 0.3 is 0 Å². The Hall–Kier alpha value is -2.21. The van der Waals surface area contributed by atoms with Crippen molar-refractivity contribution in [1.82, 2.24) is 9.80 Å². The maximum absolute atomic E-state index is 9.20. The lowest BCUT2D eigenvalue weighted by Crippen LogP contribution is -2.45. The second-order valence-electron chi connectivity index (χ2n) is 11.2. The quantitative estimate of drug-likeness (QED) is 0.523. The molecule has 1 aromatic rings. The highest BCUT2D eigenvalue weighted by molar-refractivity contribution is 5.62. The van der Waals surface area contributed by atoms with E-state index in [9.17, 15) is 5.26 Å². The first-order valence-electron chi connectivity index (χ1n) is 12.8. The van der Waals surface area contributed by atoms with Gasteiger partial charge in [-0.25, -0.2) is 0 Å². The molecule has 3 heteroatoms. The lowest BCUT2D eigenvalue weighted by atomic mass is 9.70. The number of rotatable bonds is 6. The van der Waals surface area contributed by atoms with E-state index in [1.807, 2.05) is 0 Å². The smallest absolute Gasteiger partial charge is 0.0624 e. The van der Waals surface area contributed by atoms with Crippen LogP contribution in [0.5, 0.6) is 0 Å². The molecule has 0 radical (unpaired) electrons. The highest BCUT2D eigenvalue weighted by Gasteiger charge is 2.43. The minimum atomic E-state index is 0.376. The summed E-state index contributed by atoms with van der Waals surface area (Å²) in [5, 5.41) is 9.20. The van der Waals surface area contributed by atoms with Crippen molar-refractivity contribution in [3.05, 3.63) is 54.2 Å². The highest BCUT2D eigenvalue weighted by Crippen LogP contribution is 2.52. The van der Waals surface area contributed by atoms with Gasteiger partial charge in [-0.1, -0.05) is 44.3 Å². The molecule has 0 amide bonds. The van der Waals surface area contributed by atoms with Crippen LogP contribution in [-0.4, -0.2) is 36.0 Å². The predicted octanol–water partition coefficient (Wildman–Crippen LogP) is 6.41. The number of benzene rings is 1. The van der Waals surface area contributed by atoms with Crippen LogP contribution >= 0.6 is 0 Å². The number of hydrogen-bond donors (Lipinski definition) is 0. The molecule has 5 rings (SSSR count). The number of fused-ring (bicyclic) bond motifs is 1. The first kappa shape index (κ1) is 21.6. The molecule has 4 aliphatic rings. The van der Waals surface area contributed by atoms with Crippen molar-refractivity contribution >= 4 is 5.70 Å². The summed E-state index contributed by atoms with van der Waals surface area (Å²) in [6.45, 7) is 15.4. The summed E-state index contributed by atoms with van der Waals surface area (Å²) >= 11 is 0. The van der Waals surface area contributed by atoms with Crippen molar-refractivity contribution < 1.29 is 0 Å². The molecule has 170 valence electrons. The molecule has 32 heavy (non-hydrogen) atoms. The minimum Gasteiger partial charge on any atom is -0.371 e. The van der Waals surface area contributed by atoms with Gasteiger partial charge in [-0.15, -0.1) is 0 Å². The van der Waals surface area contributed by atoms with Gasteiger partial charge in [-0.2, -0.15) is 5.26 Å². The van der Waals surface area contributed by atoms with E-state index in [2.05, 4.69) is 60.2 Å². The highest BCUT2D eigenvalue weighted by atomic mass is 15.3. The van der Waals surface area contributed by atoms with Crippen molar-refractivity contribution in [2.45, 2.75) is 64.2 Å². The Labute approximate surface area is 194 Å². The molecule has 1 aliphatic heterocycles. The van der Waals surface area contributed by atoms with Gasteiger partial charge in [0.05, 0.1) is 6.07 Å². The average molecular weight is 430 g/mol. The number of nitrogens with zero attached hydrogens (tertiary/aromatic N) is 3. The van der Waals surface area contributed by atoms with E-state index in [0.29, 0.717) is 17.3 Å². The van der Waals surface area contributed by atoms with E-state index in [4.69, 9.17) is 0 Å². The van der Waals surface area contributed by atoms with E-state index in [-0.39, 0.29) is 0 Å². The minimum absolute atomic E-state index is 0.376. The molecule has 0 aromatic heterocycles. The van der Waals surface area contributed by atoms with Crippen LogP contribution in [0.25, 0.3) is 5.70 Å². The van der Waals surface area contributed by atoms with Crippen molar-refractivity contribution in [2.75, 3.05) is 26.2 Å². The van der Waals surface area contributed by atoms with Gasteiger partial charge in [0.2, 0.25) is 0 Å². The first-order valence-corrected chi connectivity index (χ1v) is 12.8. The zero-order valence-corrected chi connectivity index (χ0v) is 19.9. The third-order valence-electron chi connectivity index (χ3n) is 9.37. The number of hydrogen-bond acceptors (Lipinski definition) is 3. The number of piperazine rings is 1. The van der Waals surface area contributed by atoms with E-state index < -0.39 is 0 Å². The third kappa shape index (κ3) is 4.09. The maximum atomic E-state index is 9.20. The Morgan fingerprint density at radius 1 is 1.00 bits per heavy atom. The molecule has 1 heterocycles. The molecule has 3 nitrogen and oxygen atoms in total. The lowest BCUT2D eigenvalue weighted by Gasteiger charge is -2.40. The summed E-state index contributed by atoms with van der Waals surface area (Å²) in [6, 6.07) is 11.7. The molecule has 1 aromatic carbocycles. The lowest BCUT2D eigenvalue weighted by molar-refractivity contribution is 0.196. The molecule has 3 saturated carbocycles. The zero-order valence-electron chi connectivity index (χ0n) is 19.9. The van der Waals surface area contributed by atoms with Gasteiger partial charge in [0, 0.05) is 49.4 Å². The Balaban J connectivity index is 1.17. The second-order valence-corrected chi connectivity index (χ2v) is 11.2. The summed E-state index contributed by atoms with van der Waals surface area (Å²) in [4.78, 5) is 4.95. The van der Waals surface area contributed by atoms with E-state index in [0.717, 1.165) is 50.1 Å². The van der Waals surface area contributed by atoms with Crippen LogP contribution < -0.4 is 0 Å². The molecule has 4 unspecified atom stereocenters. The van der Waals surface area contributed by atoms with Crippen LogP contribution in [-0.2, 0) is 0 Å². The van der Waals surface area contributed by atoms with E-state index >= 15 is 0 Å². The molecule has 4 atom stereocenters. The summed E-state index contributed by atoms with van der Waals surface area (Å²) in [6.07, 6.45) is 9.91. The normalized spacial score (nSPS) is 31.0. The van der Waals surface area contributed by atoms with Gasteiger partial charge < -0.3 is 9.80 Å². The summed E-state index contributed by atoms with van der Waals surface area (Å²) < 4.78 is 0. The van der Waals surface area contributed by atoms with Crippen LogP contribution in [0.1, 0.15) is 75.3 Å². The van der Waals surface area contributed by atoms with Gasteiger partial charge in [-0.05, 0) is 79.7 Å². The zero-order chi connectivity index (χ0) is 22.3. The standard InChI is InChI=1S/C29H39N3/c1-21(31-16-18-32(19-17-31)22(2)29(3)13-14-29)23-4-6-24(7-5-23)27-11-10-25-8-9-26(12-15-30)28(25)20-27/h4-7,25-28H,1-2,8-14,16-20H2,3H3. The average Bonchev–Trinajstić information content (AvgIpc) is 3.47. The van der Waals surface area contributed by atoms with Crippen molar-refractivity contribution in [1.29, 1.82) is 5.26 Å². The van der Waals surface area contributed by atoms with Crippen LogP contribution in [0.4, 0.5) is 0 Å². The fourth-order valence-electron chi connectivity index (χ4n) is 6.75. The Morgan fingerprint density at radius 2 is 1.66 bits per heavy atom. The second kappa shape index (κ2) is 8.62. The van der Waals surface area contributed by atoms with Crippen molar-refractivity contribution in [3.63, 3.8) is 0 Å². The predicted molar refractivity (Wildman–Crippen MR) is 132 cm³/mol. The molecule has 1 saturated heterocycles. The SMILES string of the molecule is C=C(c1ccc(C2CCC3CCC(CC#N)C3C2)cc1)N1CCN(C(=C)C2(C)CC2)CC1. The summed E-state index contributed by atoms with van der Waals surface area (Å²) in [7, 11) is 0. The Kier molecular flexibility index (Phi) is 5.82. The summed E-state index contributed by atoms with van der Waals surface area (Å²) in [5.41, 5.74) is 5.63. The molecular weight excluding hydrogens is 390 g/mol. The first-order chi connectivity index (χ1) is 15.5. The van der Waals surface area contributed by atoms with Crippen LogP contribution in [0.15, 0.2) is 43.1 Å². The van der Waals surface area contributed by atoms with Gasteiger partial charge in [0.1, 0.15) is 0 Å². The maximum Gasteiger partial charge on any atom is 0.0624 e. The largest absolute Gasteiger partial charge is 0.371 e. The van der Waals surface area contributed by atoms with Crippen molar-refractivity contribution in [3.8, 4) is 6.07 Å². The van der Waals surface area contributed by atoms with Gasteiger partial charge in [0.15, 0.2) is 0 Å². The monoisotopic (exact) mass is 429 g/mol. The Bertz CT molecular complexity index is 895. The molecule has 4 fully saturated rings. The van der Waals surface area contributed by atoms with Crippen LogP contribution in [0.2, 0.25) is 0 Å². The molecule has 0 spiro atoms. The third-order valence-corrected chi connectivity index (χ3v) is 9.37. The molecule has 0 N–H and O–H groups in total. The topological polar surface area (TPSA) is 30.3 Å². The fourth-order valence-corrected chi connectivity index (χ4v) is 6.75. The molecule has 0 bridgehead atoms. The van der Waals surface area contributed by atoms with Gasteiger partial charge in [0.25, 0.3) is 0 Å². The fraction of sp³-hybridized carbons (Fsp3) is 0.621. The molecule has 3 aliphatic carbocycles. The van der Waals surface area contributed by atoms with Crippen molar-refractivity contribution in [2.24, 2.45) is 23.2 Å². The number of allylic oxidation sites excluding steroid dienone is 1. The number of nitriles is 1.